The number of hydrogen-bond acceptors (Lipinski definition) is 4. The number of rotatable bonds is 4. The third-order valence-electron chi connectivity index (χ3n) is 1.63. The lowest BCUT2D eigenvalue weighted by Crippen LogP contribution is -2.48. The lowest BCUT2D eigenvalue weighted by molar-refractivity contribution is -0.143. The Morgan fingerprint density at radius 1 is 1.57 bits per heavy atom. The Labute approximate surface area is 89.3 Å². The molecule has 0 aliphatic carbocycles. The molecule has 0 aromatic heterocycles. The number of methoxy groups -OCH3 is 1. The number of ether oxygens (including phenoxy) is 1. The van der Waals surface area contributed by atoms with Crippen molar-refractivity contribution in [2.45, 2.75) is 26.3 Å². The van der Waals surface area contributed by atoms with Gasteiger partial charge in [-0.15, -0.1) is 0 Å². The fourth-order valence-electron chi connectivity index (χ4n) is 1.03. The Hall–Kier alpha value is -0.880. The molecule has 0 spiro atoms. The zero-order chi connectivity index (χ0) is 11.1. The predicted octanol–water partition coefficient (Wildman–Crippen LogP) is -0.0881. The van der Waals surface area contributed by atoms with E-state index in [4.69, 9.17) is 18.1 Å². The number of hydrogen-bond donors (Lipinski definition) is 3. The molecular weight excluding hydrogens is 202 g/mol. The molecule has 4 N–H and O–H groups in total. The van der Waals surface area contributed by atoms with Crippen LogP contribution < -0.4 is 16.6 Å². The Balaban J connectivity index is 4.24. The molecule has 0 saturated heterocycles. The summed E-state index contributed by atoms with van der Waals surface area (Å²) >= 11 is 4.80. The first-order chi connectivity index (χ1) is 6.51. The molecule has 0 saturated carbocycles. The van der Waals surface area contributed by atoms with Crippen LogP contribution in [0.4, 0.5) is 0 Å². The van der Waals surface area contributed by atoms with Crippen molar-refractivity contribution in [2.24, 2.45) is 11.8 Å². The normalized spacial score (nSPS) is 12.1. The molecule has 0 aliphatic rings. The van der Waals surface area contributed by atoms with E-state index in [2.05, 4.69) is 15.5 Å². The van der Waals surface area contributed by atoms with Crippen LogP contribution in [0.5, 0.6) is 0 Å². The molecule has 0 heterocycles. The average molecular weight is 219 g/mol. The Morgan fingerprint density at radius 3 is 2.50 bits per heavy atom. The molecule has 0 aromatic carbocycles. The van der Waals surface area contributed by atoms with Crippen molar-refractivity contribution in [3.05, 3.63) is 0 Å². The lowest BCUT2D eigenvalue weighted by atomic mass is 10.0. The zero-order valence-corrected chi connectivity index (χ0v) is 9.48. The molecule has 0 fully saturated rings. The van der Waals surface area contributed by atoms with Gasteiger partial charge in [0.25, 0.3) is 0 Å². The maximum Gasteiger partial charge on any atom is 0.328 e. The largest absolute Gasteiger partial charge is 0.467 e. The van der Waals surface area contributed by atoms with Gasteiger partial charge >= 0.3 is 5.97 Å². The van der Waals surface area contributed by atoms with Gasteiger partial charge in [0, 0.05) is 0 Å². The molecule has 0 aromatic rings. The number of nitrogens with two attached hydrogens (primary N) is 1. The van der Waals surface area contributed by atoms with Crippen molar-refractivity contribution >= 4 is 23.3 Å². The monoisotopic (exact) mass is 219 g/mol. The van der Waals surface area contributed by atoms with Crippen LogP contribution in [0.15, 0.2) is 0 Å². The van der Waals surface area contributed by atoms with Crippen LogP contribution in [0.3, 0.4) is 0 Å². The van der Waals surface area contributed by atoms with Gasteiger partial charge in [0.15, 0.2) is 5.11 Å². The fraction of sp³-hybridized carbons (Fsp3) is 0.750. The summed E-state index contributed by atoms with van der Waals surface area (Å²) in [6, 6.07) is -0.441. The summed E-state index contributed by atoms with van der Waals surface area (Å²) in [5.41, 5.74) is 2.26. The Bertz CT molecular complexity index is 209. The summed E-state index contributed by atoms with van der Waals surface area (Å²) in [4.78, 5) is 11.3. The number of esters is 1. The van der Waals surface area contributed by atoms with Crippen molar-refractivity contribution in [1.29, 1.82) is 0 Å². The summed E-state index contributed by atoms with van der Waals surface area (Å²) in [5.74, 6) is 5.12. The first-order valence-electron chi connectivity index (χ1n) is 4.36. The van der Waals surface area contributed by atoms with Crippen LogP contribution in [-0.2, 0) is 9.53 Å². The van der Waals surface area contributed by atoms with Crippen molar-refractivity contribution in [3.8, 4) is 0 Å². The number of thiocarbonyl (C=S) groups is 1. The molecule has 82 valence electrons. The molecule has 1 unspecified atom stereocenters. The molecule has 0 radical (unpaired) electrons. The van der Waals surface area contributed by atoms with Crippen LogP contribution >= 0.6 is 12.2 Å². The number of carbonyl (C=O) groups is 1. The van der Waals surface area contributed by atoms with E-state index in [0.717, 1.165) is 0 Å². The topological polar surface area (TPSA) is 76.4 Å². The summed E-state index contributed by atoms with van der Waals surface area (Å²) in [7, 11) is 1.34. The van der Waals surface area contributed by atoms with E-state index in [-0.39, 0.29) is 11.1 Å². The summed E-state index contributed by atoms with van der Waals surface area (Å²) < 4.78 is 4.63. The minimum atomic E-state index is -0.441. The van der Waals surface area contributed by atoms with Gasteiger partial charge in [-0.2, -0.15) is 0 Å². The summed E-state index contributed by atoms with van der Waals surface area (Å²) in [6.07, 6.45) is 0.647. The van der Waals surface area contributed by atoms with E-state index in [1.807, 2.05) is 13.8 Å². The van der Waals surface area contributed by atoms with Gasteiger partial charge in [0.2, 0.25) is 0 Å². The van der Waals surface area contributed by atoms with Crippen LogP contribution in [0, 0.1) is 5.92 Å². The third-order valence-corrected chi connectivity index (χ3v) is 1.86. The molecule has 0 amide bonds. The Morgan fingerprint density at radius 2 is 2.14 bits per heavy atom. The first kappa shape index (κ1) is 13.1. The number of nitrogens with one attached hydrogen (secondary N) is 2. The maximum absolute atomic E-state index is 11.3. The number of carbonyl (C=O) groups excluding carboxylic acids is 1. The van der Waals surface area contributed by atoms with Crippen molar-refractivity contribution in [1.82, 2.24) is 10.7 Å². The van der Waals surface area contributed by atoms with Crippen LogP contribution in [0.25, 0.3) is 0 Å². The molecule has 0 aliphatic heterocycles. The Kier molecular flexibility index (Phi) is 6.14. The number of hydrazine groups is 1. The predicted molar refractivity (Wildman–Crippen MR) is 58.3 cm³/mol. The second kappa shape index (κ2) is 6.56. The van der Waals surface area contributed by atoms with E-state index in [1.165, 1.54) is 7.11 Å². The smallest absolute Gasteiger partial charge is 0.328 e. The van der Waals surface area contributed by atoms with E-state index in [9.17, 15) is 4.79 Å². The van der Waals surface area contributed by atoms with E-state index in [1.54, 1.807) is 0 Å². The summed E-state index contributed by atoms with van der Waals surface area (Å²) in [6.45, 7) is 4.02. The van der Waals surface area contributed by atoms with Crippen molar-refractivity contribution < 1.29 is 9.53 Å². The highest BCUT2D eigenvalue weighted by molar-refractivity contribution is 7.80. The molecule has 1 atom stereocenters. The molecular formula is C8H17N3O2S. The zero-order valence-electron chi connectivity index (χ0n) is 8.66. The third kappa shape index (κ3) is 4.98. The van der Waals surface area contributed by atoms with E-state index in [0.29, 0.717) is 12.3 Å². The minimum Gasteiger partial charge on any atom is -0.467 e. The quantitative estimate of drug-likeness (QED) is 0.265. The van der Waals surface area contributed by atoms with E-state index < -0.39 is 6.04 Å². The van der Waals surface area contributed by atoms with Gasteiger partial charge < -0.3 is 15.5 Å². The minimum absolute atomic E-state index is 0.237. The van der Waals surface area contributed by atoms with Gasteiger partial charge in [0.05, 0.1) is 7.11 Å². The highest BCUT2D eigenvalue weighted by Gasteiger charge is 2.20. The van der Waals surface area contributed by atoms with Crippen molar-refractivity contribution in [2.75, 3.05) is 7.11 Å². The second-order valence-electron chi connectivity index (χ2n) is 3.32. The highest BCUT2D eigenvalue weighted by atomic mass is 32.1. The molecule has 14 heavy (non-hydrogen) atoms. The molecule has 0 rings (SSSR count). The highest BCUT2D eigenvalue weighted by Crippen LogP contribution is 2.05. The van der Waals surface area contributed by atoms with Gasteiger partial charge in [0.1, 0.15) is 6.04 Å². The lowest BCUT2D eigenvalue weighted by Gasteiger charge is -2.19. The van der Waals surface area contributed by atoms with Crippen LogP contribution in [0.2, 0.25) is 0 Å². The molecule has 6 heteroatoms. The first-order valence-corrected chi connectivity index (χ1v) is 4.77. The van der Waals surface area contributed by atoms with Crippen LogP contribution in [-0.4, -0.2) is 24.2 Å². The summed E-state index contributed by atoms with van der Waals surface area (Å²) in [5, 5.41) is 3.01. The van der Waals surface area contributed by atoms with Gasteiger partial charge in [-0.3, -0.25) is 0 Å². The maximum atomic E-state index is 11.3. The van der Waals surface area contributed by atoms with Gasteiger partial charge in [-0.25, -0.2) is 10.6 Å². The van der Waals surface area contributed by atoms with Gasteiger partial charge in [-0.1, -0.05) is 13.8 Å². The van der Waals surface area contributed by atoms with Crippen molar-refractivity contribution in [3.63, 3.8) is 0 Å². The van der Waals surface area contributed by atoms with E-state index >= 15 is 0 Å². The SMILES string of the molecule is COC(=O)C(CC(C)C)NC(=S)NN. The molecule has 0 bridgehead atoms. The molecule has 5 nitrogen and oxygen atoms in total. The second-order valence-corrected chi connectivity index (χ2v) is 3.73. The van der Waals surface area contributed by atoms with Gasteiger partial charge in [-0.05, 0) is 24.6 Å². The standard InChI is InChI=1S/C8H17N3O2S/c1-5(2)4-6(7(12)13-3)10-8(14)11-9/h5-6H,4,9H2,1-3H3,(H2,10,11,14). The average Bonchev–Trinajstić information content (AvgIpc) is 2.14. The fourth-order valence-corrected chi connectivity index (χ4v) is 1.17. The van der Waals surface area contributed by atoms with Crippen LogP contribution in [0.1, 0.15) is 20.3 Å².